The van der Waals surface area contributed by atoms with Crippen LogP contribution in [-0.2, 0) is 9.53 Å². The number of ether oxygens (including phenoxy) is 1. The van der Waals surface area contributed by atoms with Gasteiger partial charge in [0.2, 0.25) is 5.78 Å². The Bertz CT molecular complexity index is 600. The van der Waals surface area contributed by atoms with E-state index in [0.29, 0.717) is 12.1 Å². The van der Waals surface area contributed by atoms with Crippen molar-refractivity contribution in [3.63, 3.8) is 0 Å². The van der Waals surface area contributed by atoms with Crippen LogP contribution in [0.2, 0.25) is 0 Å². The second-order valence-corrected chi connectivity index (χ2v) is 7.26. The van der Waals surface area contributed by atoms with Crippen LogP contribution in [0.3, 0.4) is 0 Å². The quantitative estimate of drug-likeness (QED) is 0.658. The van der Waals surface area contributed by atoms with E-state index in [1.807, 2.05) is 19.1 Å². The molecule has 0 spiro atoms. The van der Waals surface area contributed by atoms with Gasteiger partial charge in [0, 0.05) is 30.7 Å². The van der Waals surface area contributed by atoms with Crippen LogP contribution in [0.4, 0.5) is 0 Å². The van der Waals surface area contributed by atoms with Crippen LogP contribution in [0.1, 0.15) is 48.0 Å². The molecule has 3 rings (SSSR count). The molecule has 1 N–H and O–H groups in total. The van der Waals surface area contributed by atoms with Gasteiger partial charge in [-0.3, -0.25) is 14.5 Å². The van der Waals surface area contributed by atoms with Gasteiger partial charge in [0.25, 0.3) is 5.91 Å². The van der Waals surface area contributed by atoms with E-state index in [4.69, 9.17) is 4.74 Å². The summed E-state index contributed by atoms with van der Waals surface area (Å²) in [4.78, 5) is 27.2. The predicted octanol–water partition coefficient (Wildman–Crippen LogP) is 2.33. The molecular weight excluding hydrogens is 316 g/mol. The molecule has 25 heavy (non-hydrogen) atoms. The standard InChI is InChI=1S/C20H28N2O3/c1-16-5-7-17(8-6-16)18(23)19(24)21-15-20(9-3-2-4-10-20)22-11-13-25-14-12-22/h5-8H,2-4,9-15H2,1H3,(H,21,24). The first-order chi connectivity index (χ1) is 12.1. The number of hydrogen-bond acceptors (Lipinski definition) is 4. The van der Waals surface area contributed by atoms with E-state index in [0.717, 1.165) is 44.7 Å². The Morgan fingerprint density at radius 2 is 1.72 bits per heavy atom. The molecule has 2 aliphatic rings. The van der Waals surface area contributed by atoms with E-state index in [9.17, 15) is 9.59 Å². The molecule has 1 saturated heterocycles. The normalized spacial score (nSPS) is 20.8. The van der Waals surface area contributed by atoms with Crippen molar-refractivity contribution in [1.82, 2.24) is 10.2 Å². The summed E-state index contributed by atoms with van der Waals surface area (Å²) >= 11 is 0. The number of rotatable bonds is 5. The van der Waals surface area contributed by atoms with Crippen molar-refractivity contribution in [3.8, 4) is 0 Å². The molecule has 1 aromatic carbocycles. The van der Waals surface area contributed by atoms with Gasteiger partial charge in [-0.1, -0.05) is 49.1 Å². The second-order valence-electron chi connectivity index (χ2n) is 7.26. The number of benzene rings is 1. The molecule has 2 fully saturated rings. The number of nitrogens with one attached hydrogen (secondary N) is 1. The molecule has 0 radical (unpaired) electrons. The molecule has 5 nitrogen and oxygen atoms in total. The SMILES string of the molecule is Cc1ccc(C(=O)C(=O)NCC2(N3CCOCC3)CCCCC2)cc1. The Morgan fingerprint density at radius 3 is 2.36 bits per heavy atom. The van der Waals surface area contributed by atoms with Crippen molar-refractivity contribution in [3.05, 3.63) is 35.4 Å². The highest BCUT2D eigenvalue weighted by Gasteiger charge is 2.39. The highest BCUT2D eigenvalue weighted by atomic mass is 16.5. The molecule has 0 aromatic heterocycles. The lowest BCUT2D eigenvalue weighted by molar-refractivity contribution is -0.118. The summed E-state index contributed by atoms with van der Waals surface area (Å²) in [5.41, 5.74) is 1.50. The molecule has 5 heteroatoms. The third-order valence-corrected chi connectivity index (χ3v) is 5.56. The third-order valence-electron chi connectivity index (χ3n) is 5.56. The van der Waals surface area contributed by atoms with Crippen LogP contribution in [-0.4, -0.2) is 55.0 Å². The van der Waals surface area contributed by atoms with Crippen molar-refractivity contribution in [1.29, 1.82) is 0 Å². The van der Waals surface area contributed by atoms with E-state index in [1.54, 1.807) is 12.1 Å². The maximum Gasteiger partial charge on any atom is 0.292 e. The summed E-state index contributed by atoms with van der Waals surface area (Å²) in [6, 6.07) is 7.15. The minimum Gasteiger partial charge on any atom is -0.379 e. The Labute approximate surface area is 149 Å². The van der Waals surface area contributed by atoms with Crippen LogP contribution in [0.15, 0.2) is 24.3 Å². The number of nitrogens with zero attached hydrogens (tertiary/aromatic N) is 1. The summed E-state index contributed by atoms with van der Waals surface area (Å²) in [7, 11) is 0. The number of carbonyl (C=O) groups excluding carboxylic acids is 2. The fourth-order valence-corrected chi connectivity index (χ4v) is 4.01. The molecule has 136 valence electrons. The van der Waals surface area contributed by atoms with Crippen LogP contribution in [0.25, 0.3) is 0 Å². The van der Waals surface area contributed by atoms with Gasteiger partial charge >= 0.3 is 0 Å². The van der Waals surface area contributed by atoms with Crippen LogP contribution in [0.5, 0.6) is 0 Å². The lowest BCUT2D eigenvalue weighted by Gasteiger charge is -2.48. The summed E-state index contributed by atoms with van der Waals surface area (Å²) in [6.45, 7) is 5.81. The fourth-order valence-electron chi connectivity index (χ4n) is 4.01. The van der Waals surface area contributed by atoms with E-state index in [-0.39, 0.29) is 5.54 Å². The first kappa shape index (κ1) is 18.1. The smallest absolute Gasteiger partial charge is 0.292 e. The van der Waals surface area contributed by atoms with Crippen molar-refractivity contribution in [2.75, 3.05) is 32.8 Å². The topological polar surface area (TPSA) is 58.6 Å². The number of hydrogen-bond donors (Lipinski definition) is 1. The molecule has 1 heterocycles. The van der Waals surface area contributed by atoms with Gasteiger partial charge in [-0.05, 0) is 19.8 Å². The average molecular weight is 344 g/mol. The molecule has 0 unspecified atom stereocenters. The van der Waals surface area contributed by atoms with Gasteiger partial charge in [0.05, 0.1) is 13.2 Å². The molecule has 1 aliphatic carbocycles. The number of aryl methyl sites for hydroxylation is 1. The second kappa shape index (κ2) is 8.11. The first-order valence-electron chi connectivity index (χ1n) is 9.33. The van der Waals surface area contributed by atoms with Gasteiger partial charge in [0.1, 0.15) is 0 Å². The zero-order chi connectivity index (χ0) is 17.7. The molecule has 1 aliphatic heterocycles. The highest BCUT2D eigenvalue weighted by Crippen LogP contribution is 2.33. The lowest BCUT2D eigenvalue weighted by Crippen LogP contribution is -2.60. The van der Waals surface area contributed by atoms with Crippen molar-refractivity contribution >= 4 is 11.7 Å². The first-order valence-corrected chi connectivity index (χ1v) is 9.33. The summed E-state index contributed by atoms with van der Waals surface area (Å²) in [5.74, 6) is -0.949. The maximum absolute atomic E-state index is 12.4. The molecule has 1 amide bonds. The third kappa shape index (κ3) is 4.28. The van der Waals surface area contributed by atoms with Gasteiger partial charge in [-0.2, -0.15) is 0 Å². The highest BCUT2D eigenvalue weighted by molar-refractivity contribution is 6.42. The van der Waals surface area contributed by atoms with Gasteiger partial charge in [0.15, 0.2) is 0 Å². The van der Waals surface area contributed by atoms with Gasteiger partial charge in [-0.15, -0.1) is 0 Å². The van der Waals surface area contributed by atoms with E-state index >= 15 is 0 Å². The minimum absolute atomic E-state index is 0.0226. The largest absolute Gasteiger partial charge is 0.379 e. The average Bonchev–Trinajstić information content (AvgIpc) is 2.67. The van der Waals surface area contributed by atoms with E-state index in [2.05, 4.69) is 10.2 Å². The fraction of sp³-hybridized carbons (Fsp3) is 0.600. The monoisotopic (exact) mass is 344 g/mol. The van der Waals surface area contributed by atoms with Crippen molar-refractivity contribution < 1.29 is 14.3 Å². The number of Topliss-reactive ketones (excluding diaryl/α,β-unsaturated/α-hetero) is 1. The zero-order valence-electron chi connectivity index (χ0n) is 15.1. The minimum atomic E-state index is -0.498. The van der Waals surface area contributed by atoms with E-state index in [1.165, 1.54) is 19.3 Å². The number of ketones is 1. The van der Waals surface area contributed by atoms with Crippen LogP contribution >= 0.6 is 0 Å². The number of amides is 1. The Balaban J connectivity index is 1.64. The Kier molecular flexibility index (Phi) is 5.86. The van der Waals surface area contributed by atoms with Crippen molar-refractivity contribution in [2.24, 2.45) is 0 Å². The number of carbonyl (C=O) groups is 2. The van der Waals surface area contributed by atoms with Crippen LogP contribution in [0, 0.1) is 6.92 Å². The molecular formula is C20H28N2O3. The summed E-state index contributed by atoms with van der Waals surface area (Å²) in [5, 5.41) is 2.93. The molecule has 1 aromatic rings. The summed E-state index contributed by atoms with van der Waals surface area (Å²) < 4.78 is 5.48. The summed E-state index contributed by atoms with van der Waals surface area (Å²) in [6.07, 6.45) is 5.76. The van der Waals surface area contributed by atoms with Crippen LogP contribution < -0.4 is 5.32 Å². The molecule has 0 bridgehead atoms. The van der Waals surface area contributed by atoms with Crippen molar-refractivity contribution in [2.45, 2.75) is 44.6 Å². The molecule has 0 atom stereocenters. The number of morpholine rings is 1. The Morgan fingerprint density at radius 1 is 1.08 bits per heavy atom. The zero-order valence-corrected chi connectivity index (χ0v) is 15.1. The van der Waals surface area contributed by atoms with Gasteiger partial charge < -0.3 is 10.1 Å². The predicted molar refractivity (Wildman–Crippen MR) is 96.7 cm³/mol. The lowest BCUT2D eigenvalue weighted by atomic mass is 9.79. The van der Waals surface area contributed by atoms with E-state index < -0.39 is 11.7 Å². The van der Waals surface area contributed by atoms with Gasteiger partial charge in [-0.25, -0.2) is 0 Å². The molecule has 1 saturated carbocycles. The Hall–Kier alpha value is -1.72. The maximum atomic E-state index is 12.4.